The van der Waals surface area contributed by atoms with E-state index in [1.807, 2.05) is 26.8 Å². The third-order valence-electron chi connectivity index (χ3n) is 3.13. The number of aryl methyl sites for hydroxylation is 2. The van der Waals surface area contributed by atoms with Crippen molar-refractivity contribution in [1.29, 1.82) is 0 Å². The van der Waals surface area contributed by atoms with Crippen molar-refractivity contribution in [3.05, 3.63) is 52.7 Å². The van der Waals surface area contributed by atoms with E-state index in [1.165, 1.54) is 18.2 Å². The predicted octanol–water partition coefficient (Wildman–Crippen LogP) is 3.11. The van der Waals surface area contributed by atoms with Gasteiger partial charge in [-0.3, -0.25) is 4.79 Å². The molecule has 0 aliphatic carbocycles. The lowest BCUT2D eigenvalue weighted by Crippen LogP contribution is -2.27. The maximum Gasteiger partial charge on any atom is 0.254 e. The van der Waals surface area contributed by atoms with Crippen LogP contribution < -0.4 is 11.1 Å². The maximum atomic E-state index is 13.6. The van der Waals surface area contributed by atoms with E-state index >= 15 is 0 Å². The molecule has 0 aliphatic rings. The van der Waals surface area contributed by atoms with Crippen LogP contribution in [0.2, 0.25) is 0 Å². The number of rotatable bonds is 3. The Morgan fingerprint density at radius 3 is 2.65 bits per heavy atom. The van der Waals surface area contributed by atoms with E-state index in [-0.39, 0.29) is 11.6 Å². The molecule has 0 saturated heterocycles. The van der Waals surface area contributed by atoms with E-state index in [2.05, 4.69) is 5.32 Å². The van der Waals surface area contributed by atoms with Crippen LogP contribution in [0.15, 0.2) is 28.7 Å². The zero-order valence-corrected chi connectivity index (χ0v) is 11.7. The van der Waals surface area contributed by atoms with Gasteiger partial charge in [0.2, 0.25) is 0 Å². The summed E-state index contributed by atoms with van der Waals surface area (Å²) >= 11 is 0. The second kappa shape index (κ2) is 5.36. The van der Waals surface area contributed by atoms with Crippen LogP contribution in [0.3, 0.4) is 0 Å². The Bertz CT molecular complexity index is 649. The Kier molecular flexibility index (Phi) is 3.79. The van der Waals surface area contributed by atoms with Gasteiger partial charge in [0.05, 0.1) is 11.6 Å². The number of halogens is 1. The van der Waals surface area contributed by atoms with Crippen molar-refractivity contribution in [2.24, 2.45) is 0 Å². The molecule has 3 N–H and O–H groups in total. The van der Waals surface area contributed by atoms with Crippen molar-refractivity contribution >= 4 is 11.6 Å². The number of hydrogen-bond donors (Lipinski definition) is 2. The molecule has 0 bridgehead atoms. The van der Waals surface area contributed by atoms with Crippen molar-refractivity contribution in [2.75, 3.05) is 5.73 Å². The lowest BCUT2D eigenvalue weighted by atomic mass is 10.1. The molecule has 2 rings (SSSR count). The Hall–Kier alpha value is -2.30. The van der Waals surface area contributed by atoms with Gasteiger partial charge < -0.3 is 15.5 Å². The quantitative estimate of drug-likeness (QED) is 0.846. The molecule has 5 heteroatoms. The Labute approximate surface area is 116 Å². The number of nitrogen functional groups attached to an aromatic ring is 1. The molecule has 4 nitrogen and oxygen atoms in total. The molecule has 2 aromatic rings. The molecule has 0 spiro atoms. The zero-order chi connectivity index (χ0) is 14.9. The van der Waals surface area contributed by atoms with Gasteiger partial charge in [0.1, 0.15) is 17.3 Å². The summed E-state index contributed by atoms with van der Waals surface area (Å²) < 4.78 is 19.0. The SMILES string of the molecule is Cc1cc(C(C)NC(=O)c2cc(N)ccc2F)c(C)o1. The maximum absolute atomic E-state index is 13.6. The number of benzene rings is 1. The molecule has 20 heavy (non-hydrogen) atoms. The average Bonchev–Trinajstić information content (AvgIpc) is 2.71. The average molecular weight is 276 g/mol. The normalized spacial score (nSPS) is 12.2. The summed E-state index contributed by atoms with van der Waals surface area (Å²) in [5.74, 6) is 0.418. The van der Waals surface area contributed by atoms with Crippen molar-refractivity contribution in [3.63, 3.8) is 0 Å². The van der Waals surface area contributed by atoms with E-state index in [1.54, 1.807) is 0 Å². The lowest BCUT2D eigenvalue weighted by molar-refractivity contribution is 0.0935. The fraction of sp³-hybridized carbons (Fsp3) is 0.267. The number of furan rings is 1. The van der Waals surface area contributed by atoms with Crippen molar-refractivity contribution < 1.29 is 13.6 Å². The molecule has 0 fully saturated rings. The van der Waals surface area contributed by atoms with Gasteiger partial charge in [-0.2, -0.15) is 0 Å². The van der Waals surface area contributed by atoms with Gasteiger partial charge in [0, 0.05) is 11.3 Å². The lowest BCUT2D eigenvalue weighted by Gasteiger charge is -2.14. The smallest absolute Gasteiger partial charge is 0.254 e. The molecule has 1 aromatic carbocycles. The molecule has 1 atom stereocenters. The Balaban J connectivity index is 2.19. The van der Waals surface area contributed by atoms with Crippen LogP contribution >= 0.6 is 0 Å². The molecule has 1 amide bonds. The largest absolute Gasteiger partial charge is 0.466 e. The summed E-state index contributed by atoms with van der Waals surface area (Å²) in [4.78, 5) is 12.1. The van der Waals surface area contributed by atoms with E-state index in [0.29, 0.717) is 5.69 Å². The fourth-order valence-electron chi connectivity index (χ4n) is 2.15. The van der Waals surface area contributed by atoms with Crippen LogP contribution in [0.4, 0.5) is 10.1 Å². The van der Waals surface area contributed by atoms with Gasteiger partial charge >= 0.3 is 0 Å². The molecule has 0 saturated carbocycles. The van der Waals surface area contributed by atoms with Crippen LogP contribution in [0.5, 0.6) is 0 Å². The number of nitrogens with two attached hydrogens (primary N) is 1. The van der Waals surface area contributed by atoms with E-state index in [4.69, 9.17) is 10.2 Å². The second-order valence-corrected chi connectivity index (χ2v) is 4.80. The summed E-state index contributed by atoms with van der Waals surface area (Å²) in [6.07, 6.45) is 0. The number of carbonyl (C=O) groups excluding carboxylic acids is 1. The Morgan fingerprint density at radius 1 is 1.35 bits per heavy atom. The van der Waals surface area contributed by atoms with E-state index in [0.717, 1.165) is 17.1 Å². The molecule has 0 aliphatic heterocycles. The highest BCUT2D eigenvalue weighted by Gasteiger charge is 2.18. The van der Waals surface area contributed by atoms with Gasteiger partial charge in [-0.05, 0) is 45.0 Å². The van der Waals surface area contributed by atoms with Gasteiger partial charge in [-0.1, -0.05) is 0 Å². The van der Waals surface area contributed by atoms with Crippen LogP contribution in [0.1, 0.15) is 40.4 Å². The van der Waals surface area contributed by atoms with Crippen molar-refractivity contribution in [3.8, 4) is 0 Å². The highest BCUT2D eigenvalue weighted by Crippen LogP contribution is 2.22. The van der Waals surface area contributed by atoms with Gasteiger partial charge in [-0.25, -0.2) is 4.39 Å². The first kappa shape index (κ1) is 14.1. The fourth-order valence-corrected chi connectivity index (χ4v) is 2.15. The minimum Gasteiger partial charge on any atom is -0.466 e. The van der Waals surface area contributed by atoms with Crippen LogP contribution in [-0.2, 0) is 0 Å². The number of anilines is 1. The van der Waals surface area contributed by atoms with Crippen molar-refractivity contribution in [2.45, 2.75) is 26.8 Å². The van der Waals surface area contributed by atoms with Crippen molar-refractivity contribution in [1.82, 2.24) is 5.32 Å². The van der Waals surface area contributed by atoms with E-state index in [9.17, 15) is 9.18 Å². The topological polar surface area (TPSA) is 68.3 Å². The summed E-state index contributed by atoms with van der Waals surface area (Å²) in [5.41, 5.74) is 6.73. The minimum absolute atomic E-state index is 0.0604. The van der Waals surface area contributed by atoms with Crippen LogP contribution in [0, 0.1) is 19.7 Å². The van der Waals surface area contributed by atoms with E-state index < -0.39 is 11.7 Å². The molecule has 1 unspecified atom stereocenters. The first-order chi connectivity index (χ1) is 9.38. The minimum atomic E-state index is -0.594. The summed E-state index contributed by atoms with van der Waals surface area (Å²) in [6, 6.07) is 5.50. The first-order valence-electron chi connectivity index (χ1n) is 6.31. The van der Waals surface area contributed by atoms with Gasteiger partial charge in [0.25, 0.3) is 5.91 Å². The molecule has 1 heterocycles. The predicted molar refractivity (Wildman–Crippen MR) is 74.9 cm³/mol. The summed E-state index contributed by atoms with van der Waals surface area (Å²) in [6.45, 7) is 5.48. The molecule has 0 radical (unpaired) electrons. The van der Waals surface area contributed by atoms with Gasteiger partial charge in [-0.15, -0.1) is 0 Å². The highest BCUT2D eigenvalue weighted by atomic mass is 19.1. The van der Waals surface area contributed by atoms with Crippen LogP contribution in [-0.4, -0.2) is 5.91 Å². The monoisotopic (exact) mass is 276 g/mol. The molecule has 1 aromatic heterocycles. The molecular formula is C15H17FN2O2. The number of hydrogen-bond acceptors (Lipinski definition) is 3. The zero-order valence-electron chi connectivity index (χ0n) is 11.7. The first-order valence-corrected chi connectivity index (χ1v) is 6.31. The molecular weight excluding hydrogens is 259 g/mol. The second-order valence-electron chi connectivity index (χ2n) is 4.80. The third-order valence-corrected chi connectivity index (χ3v) is 3.13. The highest BCUT2D eigenvalue weighted by molar-refractivity contribution is 5.95. The number of carbonyl (C=O) groups is 1. The number of amides is 1. The summed E-state index contributed by atoms with van der Waals surface area (Å²) in [5, 5.41) is 2.74. The standard InChI is InChI=1S/C15H17FN2O2/c1-8-6-12(10(3)20-8)9(2)18-15(19)13-7-11(17)4-5-14(13)16/h4-7,9H,17H2,1-3H3,(H,18,19). The van der Waals surface area contributed by atoms with Crippen LogP contribution in [0.25, 0.3) is 0 Å². The van der Waals surface area contributed by atoms with Gasteiger partial charge in [0.15, 0.2) is 0 Å². The third kappa shape index (κ3) is 2.82. The molecule has 106 valence electrons. The summed E-state index contributed by atoms with van der Waals surface area (Å²) in [7, 11) is 0. The number of nitrogens with one attached hydrogen (secondary N) is 1. The Morgan fingerprint density at radius 2 is 2.05 bits per heavy atom.